The molecule has 0 aromatic heterocycles. The molecule has 2 nitrogen and oxygen atoms in total. The molecular formula is C17H27O2P. The van der Waals surface area contributed by atoms with Crippen LogP contribution in [0.2, 0.25) is 0 Å². The van der Waals surface area contributed by atoms with Crippen molar-refractivity contribution in [1.82, 2.24) is 0 Å². The number of hydrogen-bond acceptors (Lipinski definition) is 2. The van der Waals surface area contributed by atoms with Crippen LogP contribution in [0.4, 0.5) is 0 Å². The summed E-state index contributed by atoms with van der Waals surface area (Å²) in [6, 6.07) is 9.63. The van der Waals surface area contributed by atoms with Gasteiger partial charge in [0.15, 0.2) is 0 Å². The van der Waals surface area contributed by atoms with E-state index in [0.717, 1.165) is 31.0 Å². The molecule has 0 bridgehead atoms. The average Bonchev–Trinajstić information content (AvgIpc) is 2.48. The van der Waals surface area contributed by atoms with E-state index < -0.39 is 7.37 Å². The van der Waals surface area contributed by atoms with Gasteiger partial charge in [0.2, 0.25) is 7.37 Å². The molecule has 0 heterocycles. The number of benzene rings is 1. The minimum atomic E-state index is -2.70. The SMILES string of the molecule is C=CCCCP(=O)(OCCCCCC)c1ccccc1. The first-order chi connectivity index (χ1) is 9.73. The molecule has 0 spiro atoms. The molecule has 1 atom stereocenters. The lowest BCUT2D eigenvalue weighted by molar-refractivity contribution is 0.308. The van der Waals surface area contributed by atoms with Crippen molar-refractivity contribution in [3.8, 4) is 0 Å². The van der Waals surface area contributed by atoms with Crippen LogP contribution in [0.5, 0.6) is 0 Å². The Labute approximate surface area is 123 Å². The third-order valence-corrected chi connectivity index (χ3v) is 5.90. The summed E-state index contributed by atoms with van der Waals surface area (Å²) in [5.41, 5.74) is 0. The molecule has 0 saturated heterocycles. The normalized spacial score (nSPS) is 13.8. The maximum absolute atomic E-state index is 13.1. The van der Waals surface area contributed by atoms with Gasteiger partial charge < -0.3 is 4.52 Å². The lowest BCUT2D eigenvalue weighted by atomic mass is 10.2. The quantitative estimate of drug-likeness (QED) is 0.320. The van der Waals surface area contributed by atoms with Crippen LogP contribution in [0.3, 0.4) is 0 Å². The van der Waals surface area contributed by atoms with E-state index in [1.807, 2.05) is 36.4 Å². The molecule has 0 N–H and O–H groups in total. The molecule has 20 heavy (non-hydrogen) atoms. The fourth-order valence-electron chi connectivity index (χ4n) is 2.11. The smallest absolute Gasteiger partial charge is 0.232 e. The van der Waals surface area contributed by atoms with Crippen molar-refractivity contribution in [2.45, 2.75) is 45.4 Å². The van der Waals surface area contributed by atoms with Gasteiger partial charge in [0.1, 0.15) is 0 Å². The zero-order valence-corrected chi connectivity index (χ0v) is 13.5. The highest BCUT2D eigenvalue weighted by atomic mass is 31.2. The van der Waals surface area contributed by atoms with E-state index in [0.29, 0.717) is 12.8 Å². The van der Waals surface area contributed by atoms with Crippen molar-refractivity contribution >= 4 is 12.7 Å². The van der Waals surface area contributed by atoms with Gasteiger partial charge in [-0.25, -0.2) is 0 Å². The second-order valence-corrected chi connectivity index (χ2v) is 7.63. The molecule has 3 heteroatoms. The Bertz CT molecular complexity index is 414. The summed E-state index contributed by atoms with van der Waals surface area (Å²) in [6.07, 6.45) is 8.79. The molecule has 0 radical (unpaired) electrons. The second kappa shape index (κ2) is 9.96. The zero-order chi connectivity index (χ0) is 14.7. The summed E-state index contributed by atoms with van der Waals surface area (Å²) in [7, 11) is -2.70. The predicted molar refractivity (Wildman–Crippen MR) is 88.1 cm³/mol. The van der Waals surface area contributed by atoms with Gasteiger partial charge in [-0.05, 0) is 31.4 Å². The van der Waals surface area contributed by atoms with Crippen molar-refractivity contribution in [3.05, 3.63) is 43.0 Å². The number of unbranched alkanes of at least 4 members (excludes halogenated alkanes) is 4. The molecule has 0 saturated carbocycles. The van der Waals surface area contributed by atoms with Crippen LogP contribution < -0.4 is 5.30 Å². The van der Waals surface area contributed by atoms with Crippen molar-refractivity contribution < 1.29 is 9.09 Å². The third kappa shape index (κ3) is 6.07. The Morgan fingerprint density at radius 3 is 2.55 bits per heavy atom. The standard InChI is InChI=1S/C17H27O2P/c1-3-5-7-11-15-19-20(18,16-12-6-4-2)17-13-9-8-10-14-17/h4,8-10,13-14H,2-3,5-7,11-12,15-16H2,1H3. The molecule has 0 fully saturated rings. The first-order valence-corrected chi connectivity index (χ1v) is 9.44. The van der Waals surface area contributed by atoms with E-state index in [2.05, 4.69) is 13.5 Å². The lowest BCUT2D eigenvalue weighted by Crippen LogP contribution is -2.11. The molecule has 112 valence electrons. The van der Waals surface area contributed by atoms with Crippen LogP contribution in [-0.2, 0) is 9.09 Å². The van der Waals surface area contributed by atoms with E-state index in [-0.39, 0.29) is 0 Å². The first kappa shape index (κ1) is 17.2. The third-order valence-electron chi connectivity index (χ3n) is 3.31. The second-order valence-electron chi connectivity index (χ2n) is 5.06. The van der Waals surface area contributed by atoms with Crippen molar-refractivity contribution in [1.29, 1.82) is 0 Å². The summed E-state index contributed by atoms with van der Waals surface area (Å²) in [5, 5.41) is 0.847. The van der Waals surface area contributed by atoms with E-state index in [1.54, 1.807) is 0 Å². The molecule has 0 aliphatic heterocycles. The number of allylic oxidation sites excluding steroid dienone is 1. The Kier molecular flexibility index (Phi) is 8.57. The highest BCUT2D eigenvalue weighted by molar-refractivity contribution is 7.67. The maximum atomic E-state index is 13.1. The fourth-order valence-corrected chi connectivity index (χ4v) is 4.29. The minimum absolute atomic E-state index is 0.597. The Balaban J connectivity index is 2.59. The molecular weight excluding hydrogens is 267 g/mol. The van der Waals surface area contributed by atoms with Crippen molar-refractivity contribution in [2.75, 3.05) is 12.8 Å². The van der Waals surface area contributed by atoms with Gasteiger partial charge in [-0.15, -0.1) is 6.58 Å². The summed E-state index contributed by atoms with van der Waals surface area (Å²) in [4.78, 5) is 0. The van der Waals surface area contributed by atoms with Crippen LogP contribution in [-0.4, -0.2) is 12.8 Å². The molecule has 0 amide bonds. The van der Waals surface area contributed by atoms with Crippen LogP contribution in [0.25, 0.3) is 0 Å². The Morgan fingerprint density at radius 2 is 1.90 bits per heavy atom. The van der Waals surface area contributed by atoms with Crippen LogP contribution in [0, 0.1) is 0 Å². The van der Waals surface area contributed by atoms with Crippen LogP contribution >= 0.6 is 7.37 Å². The van der Waals surface area contributed by atoms with E-state index in [1.165, 1.54) is 12.8 Å². The highest BCUT2D eigenvalue weighted by Gasteiger charge is 2.24. The van der Waals surface area contributed by atoms with Crippen LogP contribution in [0.1, 0.15) is 45.4 Å². The molecule has 1 aromatic rings. The van der Waals surface area contributed by atoms with Gasteiger partial charge in [-0.2, -0.15) is 0 Å². The average molecular weight is 294 g/mol. The number of rotatable bonds is 11. The van der Waals surface area contributed by atoms with E-state index in [4.69, 9.17) is 4.52 Å². The molecule has 1 rings (SSSR count). The summed E-state index contributed by atoms with van der Waals surface area (Å²) in [5.74, 6) is 0. The Morgan fingerprint density at radius 1 is 1.15 bits per heavy atom. The Hall–Kier alpha value is -0.850. The topological polar surface area (TPSA) is 26.3 Å². The summed E-state index contributed by atoms with van der Waals surface area (Å²) < 4.78 is 18.9. The van der Waals surface area contributed by atoms with Gasteiger partial charge in [0.25, 0.3) is 0 Å². The molecule has 0 aliphatic carbocycles. The lowest BCUT2D eigenvalue weighted by Gasteiger charge is -2.19. The van der Waals surface area contributed by atoms with Gasteiger partial charge >= 0.3 is 0 Å². The van der Waals surface area contributed by atoms with Crippen LogP contribution in [0.15, 0.2) is 43.0 Å². The van der Waals surface area contributed by atoms with Gasteiger partial charge in [0, 0.05) is 11.5 Å². The van der Waals surface area contributed by atoms with Crippen molar-refractivity contribution in [2.24, 2.45) is 0 Å². The van der Waals surface area contributed by atoms with E-state index in [9.17, 15) is 4.57 Å². The first-order valence-electron chi connectivity index (χ1n) is 7.63. The highest BCUT2D eigenvalue weighted by Crippen LogP contribution is 2.46. The molecule has 1 aromatic carbocycles. The predicted octanol–water partition coefficient (Wildman–Crippen LogP) is 5.15. The minimum Gasteiger partial charge on any atom is -0.325 e. The van der Waals surface area contributed by atoms with E-state index >= 15 is 0 Å². The fraction of sp³-hybridized carbons (Fsp3) is 0.529. The van der Waals surface area contributed by atoms with Gasteiger partial charge in [-0.1, -0.05) is 50.5 Å². The number of hydrogen-bond donors (Lipinski definition) is 0. The molecule has 0 aliphatic rings. The summed E-state index contributed by atoms with van der Waals surface area (Å²) in [6.45, 7) is 6.50. The monoisotopic (exact) mass is 294 g/mol. The van der Waals surface area contributed by atoms with Gasteiger partial charge in [0.05, 0.1) is 6.61 Å². The summed E-state index contributed by atoms with van der Waals surface area (Å²) >= 11 is 0. The van der Waals surface area contributed by atoms with Crippen molar-refractivity contribution in [3.63, 3.8) is 0 Å². The largest absolute Gasteiger partial charge is 0.325 e. The zero-order valence-electron chi connectivity index (χ0n) is 12.6. The molecule has 1 unspecified atom stereocenters. The van der Waals surface area contributed by atoms with Gasteiger partial charge in [-0.3, -0.25) is 4.57 Å². The maximum Gasteiger partial charge on any atom is 0.232 e.